The molecule has 1 aliphatic heterocycles. The maximum absolute atomic E-state index is 12.1. The zero-order valence-electron chi connectivity index (χ0n) is 10.9. The van der Waals surface area contributed by atoms with E-state index in [2.05, 4.69) is 17.6 Å². The third-order valence-electron chi connectivity index (χ3n) is 4.21. The van der Waals surface area contributed by atoms with Crippen LogP contribution in [0.2, 0.25) is 0 Å². The monoisotopic (exact) mass is 253 g/mol. The van der Waals surface area contributed by atoms with Crippen LogP contribution in [0.5, 0.6) is 0 Å². The van der Waals surface area contributed by atoms with Crippen LogP contribution in [0.1, 0.15) is 39.0 Å². The average molecular weight is 253 g/mol. The summed E-state index contributed by atoms with van der Waals surface area (Å²) in [4.78, 5) is 23.7. The zero-order chi connectivity index (χ0) is 13.1. The second kappa shape index (κ2) is 5.69. The van der Waals surface area contributed by atoms with Crippen LogP contribution >= 0.6 is 0 Å². The van der Waals surface area contributed by atoms with E-state index in [0.717, 1.165) is 38.6 Å². The largest absolute Gasteiger partial charge is 0.354 e. The van der Waals surface area contributed by atoms with Crippen LogP contribution in [0, 0.1) is 11.8 Å². The van der Waals surface area contributed by atoms with Crippen LogP contribution in [-0.2, 0) is 9.59 Å². The molecule has 4 unspecified atom stereocenters. The van der Waals surface area contributed by atoms with Crippen molar-refractivity contribution in [2.24, 2.45) is 17.6 Å². The SMILES string of the molecule is CC1CC(C(=O)NC2CCCNC2=O)CCC1N. The summed E-state index contributed by atoms with van der Waals surface area (Å²) >= 11 is 0. The van der Waals surface area contributed by atoms with Crippen LogP contribution in [0.4, 0.5) is 0 Å². The fourth-order valence-electron chi connectivity index (χ4n) is 2.86. The van der Waals surface area contributed by atoms with E-state index < -0.39 is 0 Å². The van der Waals surface area contributed by atoms with E-state index in [0.29, 0.717) is 5.92 Å². The highest BCUT2D eigenvalue weighted by Gasteiger charge is 2.32. The van der Waals surface area contributed by atoms with E-state index in [1.54, 1.807) is 0 Å². The summed E-state index contributed by atoms with van der Waals surface area (Å²) < 4.78 is 0. The second-order valence-corrected chi connectivity index (χ2v) is 5.65. The predicted molar refractivity (Wildman–Crippen MR) is 68.7 cm³/mol. The van der Waals surface area contributed by atoms with Gasteiger partial charge in [-0.15, -0.1) is 0 Å². The van der Waals surface area contributed by atoms with Gasteiger partial charge in [0.25, 0.3) is 0 Å². The summed E-state index contributed by atoms with van der Waals surface area (Å²) in [6, 6.07) is -0.121. The Labute approximate surface area is 108 Å². The first kappa shape index (κ1) is 13.3. The quantitative estimate of drug-likeness (QED) is 0.654. The Hall–Kier alpha value is -1.10. The number of rotatable bonds is 2. The van der Waals surface area contributed by atoms with E-state index in [9.17, 15) is 9.59 Å². The molecule has 18 heavy (non-hydrogen) atoms. The lowest BCUT2D eigenvalue weighted by molar-refractivity contribution is -0.133. The summed E-state index contributed by atoms with van der Waals surface area (Å²) in [6.45, 7) is 2.82. The molecule has 2 amide bonds. The van der Waals surface area contributed by atoms with E-state index in [4.69, 9.17) is 5.73 Å². The summed E-state index contributed by atoms with van der Waals surface area (Å²) in [7, 11) is 0. The molecule has 2 aliphatic rings. The molecule has 1 aliphatic carbocycles. The van der Waals surface area contributed by atoms with Crippen LogP contribution in [0.25, 0.3) is 0 Å². The molecular weight excluding hydrogens is 230 g/mol. The number of piperidine rings is 1. The van der Waals surface area contributed by atoms with Crippen LogP contribution < -0.4 is 16.4 Å². The summed E-state index contributed by atoms with van der Waals surface area (Å²) in [5.74, 6) is 0.384. The van der Waals surface area contributed by atoms with Crippen LogP contribution in [-0.4, -0.2) is 30.4 Å². The molecule has 1 saturated carbocycles. The molecule has 0 aromatic heterocycles. The Kier molecular flexibility index (Phi) is 4.22. The Morgan fingerprint density at radius 2 is 2.17 bits per heavy atom. The third kappa shape index (κ3) is 3.02. The van der Waals surface area contributed by atoms with Gasteiger partial charge < -0.3 is 16.4 Å². The third-order valence-corrected chi connectivity index (χ3v) is 4.21. The van der Waals surface area contributed by atoms with Crippen molar-refractivity contribution in [1.29, 1.82) is 0 Å². The lowest BCUT2D eigenvalue weighted by Gasteiger charge is -2.32. The van der Waals surface area contributed by atoms with Crippen molar-refractivity contribution in [3.63, 3.8) is 0 Å². The molecule has 1 heterocycles. The topological polar surface area (TPSA) is 84.2 Å². The summed E-state index contributed by atoms with van der Waals surface area (Å²) in [6.07, 6.45) is 4.26. The molecule has 0 bridgehead atoms. The van der Waals surface area contributed by atoms with E-state index in [1.807, 2.05) is 0 Å². The van der Waals surface area contributed by atoms with Gasteiger partial charge in [-0.3, -0.25) is 9.59 Å². The minimum absolute atomic E-state index is 0.0227. The first-order valence-corrected chi connectivity index (χ1v) is 6.91. The normalized spacial score (nSPS) is 36.9. The maximum atomic E-state index is 12.1. The molecule has 2 rings (SSSR count). The average Bonchev–Trinajstić information content (AvgIpc) is 2.35. The van der Waals surface area contributed by atoms with Gasteiger partial charge in [-0.05, 0) is 38.0 Å². The molecule has 4 atom stereocenters. The number of carbonyl (C=O) groups is 2. The second-order valence-electron chi connectivity index (χ2n) is 5.65. The lowest BCUT2D eigenvalue weighted by atomic mass is 9.79. The smallest absolute Gasteiger partial charge is 0.242 e. The fraction of sp³-hybridized carbons (Fsp3) is 0.846. The number of amides is 2. The highest BCUT2D eigenvalue weighted by atomic mass is 16.2. The first-order valence-electron chi connectivity index (χ1n) is 6.91. The fourth-order valence-corrected chi connectivity index (χ4v) is 2.86. The van der Waals surface area contributed by atoms with Crippen molar-refractivity contribution >= 4 is 11.8 Å². The molecular formula is C13H23N3O2. The Bertz CT molecular complexity index is 332. The van der Waals surface area contributed by atoms with Gasteiger partial charge in [0, 0.05) is 18.5 Å². The summed E-state index contributed by atoms with van der Waals surface area (Å²) in [5, 5.41) is 5.66. The van der Waals surface area contributed by atoms with Crippen molar-refractivity contribution in [1.82, 2.24) is 10.6 Å². The van der Waals surface area contributed by atoms with Gasteiger partial charge in [0.05, 0.1) is 0 Å². The van der Waals surface area contributed by atoms with Gasteiger partial charge in [-0.2, -0.15) is 0 Å². The number of hydrogen-bond acceptors (Lipinski definition) is 3. The van der Waals surface area contributed by atoms with Crippen molar-refractivity contribution in [2.45, 2.75) is 51.1 Å². The van der Waals surface area contributed by atoms with Gasteiger partial charge in [0.1, 0.15) is 6.04 Å². The molecule has 0 spiro atoms. The van der Waals surface area contributed by atoms with Crippen molar-refractivity contribution in [3.8, 4) is 0 Å². The Balaban J connectivity index is 1.86. The van der Waals surface area contributed by atoms with Gasteiger partial charge in [0.2, 0.25) is 11.8 Å². The van der Waals surface area contributed by atoms with E-state index in [-0.39, 0.29) is 29.8 Å². The van der Waals surface area contributed by atoms with Crippen LogP contribution in [0.3, 0.4) is 0 Å². The summed E-state index contributed by atoms with van der Waals surface area (Å²) in [5.41, 5.74) is 5.95. The first-order chi connectivity index (χ1) is 8.58. The predicted octanol–water partition coefficient (Wildman–Crippen LogP) is 0.145. The highest BCUT2D eigenvalue weighted by molar-refractivity contribution is 5.88. The maximum Gasteiger partial charge on any atom is 0.242 e. The minimum Gasteiger partial charge on any atom is -0.354 e. The van der Waals surface area contributed by atoms with Crippen molar-refractivity contribution in [2.75, 3.05) is 6.54 Å². The standard InChI is InChI=1S/C13H23N3O2/c1-8-7-9(4-5-10(8)14)12(17)16-11-3-2-6-15-13(11)18/h8-11H,2-7,14H2,1H3,(H,15,18)(H,16,17). The molecule has 2 fully saturated rings. The van der Waals surface area contributed by atoms with E-state index in [1.165, 1.54) is 0 Å². The number of nitrogens with one attached hydrogen (secondary N) is 2. The van der Waals surface area contributed by atoms with Gasteiger partial charge in [-0.25, -0.2) is 0 Å². The molecule has 0 aromatic carbocycles. The molecule has 0 radical (unpaired) electrons. The molecule has 4 N–H and O–H groups in total. The molecule has 1 saturated heterocycles. The van der Waals surface area contributed by atoms with Crippen molar-refractivity contribution < 1.29 is 9.59 Å². The van der Waals surface area contributed by atoms with Crippen LogP contribution in [0.15, 0.2) is 0 Å². The molecule has 102 valence electrons. The number of nitrogens with two attached hydrogens (primary N) is 1. The zero-order valence-corrected chi connectivity index (χ0v) is 10.9. The Morgan fingerprint density at radius 1 is 1.39 bits per heavy atom. The van der Waals surface area contributed by atoms with Crippen molar-refractivity contribution in [3.05, 3.63) is 0 Å². The van der Waals surface area contributed by atoms with E-state index >= 15 is 0 Å². The molecule has 5 nitrogen and oxygen atoms in total. The number of carbonyl (C=O) groups excluding carboxylic acids is 2. The lowest BCUT2D eigenvalue weighted by Crippen LogP contribution is -2.52. The highest BCUT2D eigenvalue weighted by Crippen LogP contribution is 2.28. The minimum atomic E-state index is -0.336. The van der Waals surface area contributed by atoms with Gasteiger partial charge in [0.15, 0.2) is 0 Å². The van der Waals surface area contributed by atoms with Gasteiger partial charge in [-0.1, -0.05) is 6.92 Å². The molecule has 0 aromatic rings. The Morgan fingerprint density at radius 3 is 2.83 bits per heavy atom. The van der Waals surface area contributed by atoms with Gasteiger partial charge >= 0.3 is 0 Å². The molecule has 5 heteroatoms. The number of hydrogen-bond donors (Lipinski definition) is 3.